The average Bonchev–Trinajstić information content (AvgIpc) is 3.51. The van der Waals surface area contributed by atoms with E-state index in [1.54, 1.807) is 9.47 Å². The molecule has 3 aromatic rings. The fourth-order valence-electron chi connectivity index (χ4n) is 6.51. The van der Waals surface area contributed by atoms with Crippen LogP contribution < -0.4 is 10.9 Å². The summed E-state index contributed by atoms with van der Waals surface area (Å²) in [5.74, 6) is -0.173. The van der Waals surface area contributed by atoms with Gasteiger partial charge in [-0.2, -0.15) is 22.7 Å². The maximum atomic E-state index is 13.9. The maximum Gasteiger partial charge on any atom is 0.416 e. The third kappa shape index (κ3) is 4.85. The molecule has 1 saturated heterocycles. The summed E-state index contributed by atoms with van der Waals surface area (Å²) >= 11 is 9.29. The van der Waals surface area contributed by atoms with Crippen LogP contribution in [0.4, 0.5) is 23.7 Å². The topological polar surface area (TPSA) is 111 Å². The maximum absolute atomic E-state index is 13.9. The van der Waals surface area contributed by atoms with Crippen LogP contribution in [0.3, 0.4) is 0 Å². The van der Waals surface area contributed by atoms with Crippen molar-refractivity contribution < 1.29 is 27.5 Å². The normalized spacial score (nSPS) is 20.9. The lowest BCUT2D eigenvalue weighted by Gasteiger charge is -2.41. The zero-order chi connectivity index (χ0) is 30.4. The molecule has 2 fully saturated rings. The third-order valence-corrected chi connectivity index (χ3v) is 8.94. The number of hydrogen-bond donors (Lipinski definition) is 1. The molecule has 1 N–H and O–H groups in total. The van der Waals surface area contributed by atoms with E-state index >= 15 is 0 Å². The highest BCUT2D eigenvalue weighted by atomic mass is 79.9. The van der Waals surface area contributed by atoms with Gasteiger partial charge >= 0.3 is 12.3 Å². The number of ether oxygens (including phenoxy) is 1. The van der Waals surface area contributed by atoms with Crippen LogP contribution in [0.1, 0.15) is 62.8 Å². The number of nitrogens with zero attached hydrogens (tertiary/aromatic N) is 5. The van der Waals surface area contributed by atoms with Gasteiger partial charge in [-0.25, -0.2) is 4.79 Å². The van der Waals surface area contributed by atoms with Gasteiger partial charge in [0.1, 0.15) is 12.1 Å². The van der Waals surface area contributed by atoms with Gasteiger partial charge in [-0.05, 0) is 80.1 Å². The van der Waals surface area contributed by atoms with Crippen molar-refractivity contribution in [2.75, 3.05) is 18.4 Å². The molecule has 3 aliphatic rings. The second-order valence-corrected chi connectivity index (χ2v) is 13.2. The minimum atomic E-state index is -4.57. The molecule has 2 aromatic heterocycles. The number of carbonyl (C=O) groups excluding carboxylic acids is 2. The quantitative estimate of drug-likeness (QED) is 0.402. The molecular weight excluding hydrogens is 645 g/mol. The van der Waals surface area contributed by atoms with E-state index in [9.17, 15) is 27.6 Å². The molecule has 1 spiro atoms. The summed E-state index contributed by atoms with van der Waals surface area (Å²) < 4.78 is 47.7. The van der Waals surface area contributed by atoms with Crippen LogP contribution in [-0.4, -0.2) is 54.8 Å². The molecule has 2 atom stereocenters. The van der Waals surface area contributed by atoms with E-state index < -0.39 is 34.8 Å². The number of rotatable bonds is 3. The van der Waals surface area contributed by atoms with Crippen molar-refractivity contribution in [3.05, 3.63) is 55.1 Å². The lowest BCUT2D eigenvalue weighted by molar-refractivity contribution is -0.137. The number of benzene rings is 1. The lowest BCUT2D eigenvalue weighted by Crippen LogP contribution is -2.49. The fourth-order valence-corrected chi connectivity index (χ4v) is 7.06. The number of amides is 2. The molecule has 0 bridgehead atoms. The highest BCUT2D eigenvalue weighted by Crippen LogP contribution is 2.67. The standard InChI is InChI=1S/C27H27BrClF3N6O4/c1-25(2,3)42-24(41)36-8-6-26(7-9-36)15-11-14(15)20-19(26)21(40)38-23(34-22(28)35-38)37(20)12-18(39)33-17-5-4-13(10-16(17)29)27(30,31)32/h4-5,10,14-15H,6-9,11-12H2,1-3H3,(H,33,39)/t14?,15-/m1/s1. The number of piperidine rings is 1. The number of fused-ring (bicyclic) bond motifs is 6. The first kappa shape index (κ1) is 29.0. The second kappa shape index (κ2) is 9.69. The van der Waals surface area contributed by atoms with Gasteiger partial charge in [-0.1, -0.05) is 11.6 Å². The highest BCUT2D eigenvalue weighted by molar-refractivity contribution is 9.10. The smallest absolute Gasteiger partial charge is 0.416 e. The van der Waals surface area contributed by atoms with Gasteiger partial charge < -0.3 is 19.5 Å². The van der Waals surface area contributed by atoms with E-state index in [4.69, 9.17) is 16.3 Å². The first-order valence-electron chi connectivity index (χ1n) is 13.4. The Balaban J connectivity index is 1.33. The summed E-state index contributed by atoms with van der Waals surface area (Å²) in [6.07, 6.45) is -3.02. The summed E-state index contributed by atoms with van der Waals surface area (Å²) in [5.41, 5.74) is -1.02. The van der Waals surface area contributed by atoms with Gasteiger partial charge in [0.05, 0.1) is 16.3 Å². The number of nitrogens with one attached hydrogen (secondary N) is 1. The first-order chi connectivity index (χ1) is 19.6. The minimum absolute atomic E-state index is 0.0290. The van der Waals surface area contributed by atoms with Crippen molar-refractivity contribution in [1.29, 1.82) is 0 Å². The molecule has 0 radical (unpaired) electrons. The number of carbonyl (C=O) groups is 2. The highest BCUT2D eigenvalue weighted by Gasteiger charge is 2.64. The second-order valence-electron chi connectivity index (χ2n) is 12.1. The van der Waals surface area contributed by atoms with E-state index in [1.165, 1.54) is 4.52 Å². The predicted octanol–water partition coefficient (Wildman–Crippen LogP) is 5.35. The summed E-state index contributed by atoms with van der Waals surface area (Å²) in [7, 11) is 0. The molecule has 1 aliphatic heterocycles. The van der Waals surface area contributed by atoms with E-state index in [0.717, 1.165) is 30.3 Å². The summed E-state index contributed by atoms with van der Waals surface area (Å²) in [6.45, 7) is 6.00. The summed E-state index contributed by atoms with van der Waals surface area (Å²) in [4.78, 5) is 45.9. The van der Waals surface area contributed by atoms with Gasteiger partial charge in [0.15, 0.2) is 0 Å². The lowest BCUT2D eigenvalue weighted by atomic mass is 9.71. The van der Waals surface area contributed by atoms with Gasteiger partial charge in [0, 0.05) is 35.7 Å². The number of hydrogen-bond acceptors (Lipinski definition) is 6. The molecule has 2 aliphatic carbocycles. The van der Waals surface area contributed by atoms with Crippen molar-refractivity contribution in [2.24, 2.45) is 5.92 Å². The Labute approximate surface area is 251 Å². The summed E-state index contributed by atoms with van der Waals surface area (Å²) in [5, 5.41) is 6.57. The van der Waals surface area contributed by atoms with Gasteiger partial charge in [-0.15, -0.1) is 5.10 Å². The van der Waals surface area contributed by atoms with Gasteiger partial charge in [0.25, 0.3) is 5.56 Å². The number of anilines is 1. The van der Waals surface area contributed by atoms with E-state index in [1.807, 2.05) is 20.8 Å². The van der Waals surface area contributed by atoms with Gasteiger partial charge in [-0.3, -0.25) is 9.59 Å². The molecule has 2 amide bonds. The molecule has 1 aromatic carbocycles. The Morgan fingerprint density at radius 1 is 1.21 bits per heavy atom. The monoisotopic (exact) mass is 670 g/mol. The zero-order valence-corrected chi connectivity index (χ0v) is 25.2. The number of aromatic nitrogens is 4. The Kier molecular flexibility index (Phi) is 6.69. The first-order valence-corrected chi connectivity index (χ1v) is 14.6. The van der Waals surface area contributed by atoms with Crippen LogP contribution >= 0.6 is 27.5 Å². The summed E-state index contributed by atoms with van der Waals surface area (Å²) in [6, 6.07) is 2.70. The number of likely N-dealkylation sites (tertiary alicyclic amines) is 1. The molecule has 224 valence electrons. The molecular formula is C27H27BrClF3N6O4. The molecule has 10 nitrogen and oxygen atoms in total. The van der Waals surface area contributed by atoms with Crippen molar-refractivity contribution in [3.8, 4) is 0 Å². The van der Waals surface area contributed by atoms with Crippen molar-refractivity contribution in [1.82, 2.24) is 24.1 Å². The predicted molar refractivity (Wildman–Crippen MR) is 150 cm³/mol. The van der Waals surface area contributed by atoms with Crippen molar-refractivity contribution in [3.63, 3.8) is 0 Å². The zero-order valence-electron chi connectivity index (χ0n) is 22.9. The Hall–Kier alpha value is -3.13. The molecule has 1 unspecified atom stereocenters. The van der Waals surface area contributed by atoms with E-state index in [-0.39, 0.29) is 45.2 Å². The number of alkyl halides is 3. The largest absolute Gasteiger partial charge is 0.444 e. The van der Waals surface area contributed by atoms with Crippen molar-refractivity contribution in [2.45, 2.75) is 69.7 Å². The Bertz CT molecular complexity index is 1690. The number of halogens is 5. The third-order valence-electron chi connectivity index (χ3n) is 8.29. The van der Waals surface area contributed by atoms with Crippen molar-refractivity contribution >= 4 is 51.0 Å². The Morgan fingerprint density at radius 3 is 2.52 bits per heavy atom. The fraction of sp³-hybridized carbons (Fsp3) is 0.519. The van der Waals surface area contributed by atoms with Crippen LogP contribution in [0.5, 0.6) is 0 Å². The molecule has 6 rings (SSSR count). The van der Waals surface area contributed by atoms with Crippen LogP contribution in [0.25, 0.3) is 5.78 Å². The van der Waals surface area contributed by atoms with Crippen LogP contribution in [-0.2, 0) is 27.7 Å². The van der Waals surface area contributed by atoms with Crippen LogP contribution in [0.15, 0.2) is 27.7 Å². The van der Waals surface area contributed by atoms with E-state index in [2.05, 4.69) is 31.3 Å². The van der Waals surface area contributed by atoms with Crippen LogP contribution in [0.2, 0.25) is 5.02 Å². The minimum Gasteiger partial charge on any atom is -0.444 e. The Morgan fingerprint density at radius 2 is 1.90 bits per heavy atom. The molecule has 3 heterocycles. The average molecular weight is 672 g/mol. The van der Waals surface area contributed by atoms with Gasteiger partial charge in [0.2, 0.25) is 16.4 Å². The molecule has 42 heavy (non-hydrogen) atoms. The van der Waals surface area contributed by atoms with E-state index in [0.29, 0.717) is 31.5 Å². The van der Waals surface area contributed by atoms with Crippen LogP contribution in [0, 0.1) is 5.92 Å². The molecule has 15 heteroatoms. The molecule has 1 saturated carbocycles. The SMILES string of the molecule is CC(C)(C)OC(=O)N1CCC2(CC1)c1c(n(CC(=O)Nc3ccc(C(F)(F)F)cc3Cl)c3nc(Br)nn3c1=O)C1C[C@H]12.